The van der Waals surface area contributed by atoms with Crippen LogP contribution in [0.3, 0.4) is 0 Å². The Morgan fingerprint density at radius 3 is 2.57 bits per heavy atom. The molecular formula is C11H17NOS. The monoisotopic (exact) mass is 211 g/mol. The first-order valence-corrected chi connectivity index (χ1v) is 5.80. The highest BCUT2D eigenvalue weighted by molar-refractivity contribution is 7.98. The zero-order chi connectivity index (χ0) is 10.7. The fraction of sp³-hybridized carbons (Fsp3) is 0.455. The fourth-order valence-corrected chi connectivity index (χ4v) is 2.26. The minimum Gasteiger partial charge on any atom is -0.399 e. The van der Waals surface area contributed by atoms with Gasteiger partial charge in [-0.05, 0) is 43.4 Å². The van der Waals surface area contributed by atoms with Crippen molar-refractivity contribution in [1.29, 1.82) is 0 Å². The Hall–Kier alpha value is -0.670. The van der Waals surface area contributed by atoms with Gasteiger partial charge in [0.1, 0.15) is 0 Å². The van der Waals surface area contributed by atoms with E-state index >= 15 is 0 Å². The Morgan fingerprint density at radius 2 is 2.07 bits per heavy atom. The molecule has 0 saturated carbocycles. The standard InChI is InChI=1S/C11H17NOS/c1-7-9(12)5-6-10(14-4)11(7)8(2)13-3/h5-6,8H,12H2,1-4H3. The molecule has 0 bridgehead atoms. The van der Waals surface area contributed by atoms with Crippen molar-refractivity contribution < 1.29 is 4.74 Å². The summed E-state index contributed by atoms with van der Waals surface area (Å²) in [6, 6.07) is 4.00. The molecule has 0 radical (unpaired) electrons. The lowest BCUT2D eigenvalue weighted by Crippen LogP contribution is -2.03. The molecular weight excluding hydrogens is 194 g/mol. The van der Waals surface area contributed by atoms with Crippen LogP contribution in [0, 0.1) is 6.92 Å². The summed E-state index contributed by atoms with van der Waals surface area (Å²) in [6.45, 7) is 4.08. The zero-order valence-electron chi connectivity index (χ0n) is 9.13. The Bertz CT molecular complexity index is 325. The first-order chi connectivity index (χ1) is 6.61. The molecule has 1 unspecified atom stereocenters. The number of nitrogens with two attached hydrogens (primary N) is 1. The second kappa shape index (κ2) is 4.71. The van der Waals surface area contributed by atoms with Gasteiger partial charge < -0.3 is 10.5 Å². The minimum absolute atomic E-state index is 0.0981. The quantitative estimate of drug-likeness (QED) is 0.616. The first-order valence-electron chi connectivity index (χ1n) is 4.57. The van der Waals surface area contributed by atoms with Gasteiger partial charge in [0.2, 0.25) is 0 Å². The van der Waals surface area contributed by atoms with Gasteiger partial charge in [-0.25, -0.2) is 0 Å². The van der Waals surface area contributed by atoms with E-state index in [2.05, 4.69) is 12.3 Å². The van der Waals surface area contributed by atoms with E-state index in [0.717, 1.165) is 11.3 Å². The van der Waals surface area contributed by atoms with Gasteiger partial charge in [-0.3, -0.25) is 0 Å². The van der Waals surface area contributed by atoms with Gasteiger partial charge in [-0.15, -0.1) is 11.8 Å². The SMILES string of the molecule is COC(C)c1c(SC)ccc(N)c1C. The lowest BCUT2D eigenvalue weighted by Gasteiger charge is -2.18. The Balaban J connectivity index is 3.27. The number of ether oxygens (including phenoxy) is 1. The molecule has 1 rings (SSSR count). The van der Waals surface area contributed by atoms with Gasteiger partial charge in [0, 0.05) is 17.7 Å². The second-order valence-corrected chi connectivity index (χ2v) is 4.12. The van der Waals surface area contributed by atoms with Crippen LogP contribution in [0.25, 0.3) is 0 Å². The maximum absolute atomic E-state index is 5.87. The van der Waals surface area contributed by atoms with Crippen LogP contribution in [0.4, 0.5) is 5.69 Å². The van der Waals surface area contributed by atoms with Crippen molar-refractivity contribution in [1.82, 2.24) is 0 Å². The number of thioether (sulfide) groups is 1. The molecule has 0 saturated heterocycles. The van der Waals surface area contributed by atoms with Crippen LogP contribution in [0.5, 0.6) is 0 Å². The molecule has 0 aromatic heterocycles. The lowest BCUT2D eigenvalue weighted by atomic mass is 10.0. The van der Waals surface area contributed by atoms with E-state index in [4.69, 9.17) is 10.5 Å². The molecule has 0 aliphatic heterocycles. The van der Waals surface area contributed by atoms with E-state index in [-0.39, 0.29) is 6.10 Å². The molecule has 0 amide bonds. The van der Waals surface area contributed by atoms with Crippen LogP contribution in [0.1, 0.15) is 24.2 Å². The normalized spacial score (nSPS) is 12.9. The number of methoxy groups -OCH3 is 1. The molecule has 2 N–H and O–H groups in total. The smallest absolute Gasteiger partial charge is 0.0807 e. The molecule has 0 aliphatic carbocycles. The average Bonchev–Trinajstić information content (AvgIpc) is 2.20. The minimum atomic E-state index is 0.0981. The summed E-state index contributed by atoms with van der Waals surface area (Å²) >= 11 is 1.73. The Labute approximate surface area is 89.8 Å². The van der Waals surface area contributed by atoms with Crippen LogP contribution in [-0.2, 0) is 4.74 Å². The van der Waals surface area contributed by atoms with Crippen LogP contribution in [0.15, 0.2) is 17.0 Å². The van der Waals surface area contributed by atoms with Crippen LogP contribution in [-0.4, -0.2) is 13.4 Å². The number of benzene rings is 1. The van der Waals surface area contributed by atoms with Gasteiger partial charge in [0.25, 0.3) is 0 Å². The highest BCUT2D eigenvalue weighted by atomic mass is 32.2. The third-order valence-corrected chi connectivity index (χ3v) is 3.29. The predicted molar refractivity (Wildman–Crippen MR) is 62.8 cm³/mol. The molecule has 0 heterocycles. The van der Waals surface area contributed by atoms with E-state index < -0.39 is 0 Å². The summed E-state index contributed by atoms with van der Waals surface area (Å²) in [6.07, 6.45) is 2.16. The molecule has 0 fully saturated rings. The molecule has 3 heteroatoms. The average molecular weight is 211 g/mol. The maximum atomic E-state index is 5.87. The van der Waals surface area contributed by atoms with Gasteiger partial charge in [0.05, 0.1) is 6.10 Å². The van der Waals surface area contributed by atoms with Crippen LogP contribution in [0.2, 0.25) is 0 Å². The number of rotatable bonds is 3. The molecule has 78 valence electrons. The summed E-state index contributed by atoms with van der Waals surface area (Å²) in [5.41, 5.74) is 9.05. The number of hydrogen-bond acceptors (Lipinski definition) is 3. The van der Waals surface area contributed by atoms with E-state index in [0.29, 0.717) is 0 Å². The molecule has 2 nitrogen and oxygen atoms in total. The molecule has 1 aromatic rings. The van der Waals surface area contributed by atoms with E-state index in [1.807, 2.05) is 19.9 Å². The van der Waals surface area contributed by atoms with Crippen LogP contribution >= 0.6 is 11.8 Å². The number of nitrogen functional groups attached to an aromatic ring is 1. The van der Waals surface area contributed by atoms with E-state index in [9.17, 15) is 0 Å². The number of anilines is 1. The molecule has 14 heavy (non-hydrogen) atoms. The molecule has 0 aliphatic rings. The summed E-state index contributed by atoms with van der Waals surface area (Å²) in [7, 11) is 1.72. The highest BCUT2D eigenvalue weighted by Gasteiger charge is 2.13. The van der Waals surface area contributed by atoms with Gasteiger partial charge in [-0.1, -0.05) is 0 Å². The van der Waals surface area contributed by atoms with Crippen molar-refractivity contribution in [3.05, 3.63) is 23.3 Å². The first kappa shape index (κ1) is 11.4. The summed E-state index contributed by atoms with van der Waals surface area (Å²) < 4.78 is 5.35. The largest absolute Gasteiger partial charge is 0.399 e. The second-order valence-electron chi connectivity index (χ2n) is 3.27. The Morgan fingerprint density at radius 1 is 1.43 bits per heavy atom. The molecule has 1 atom stereocenters. The van der Waals surface area contributed by atoms with E-state index in [1.54, 1.807) is 18.9 Å². The fourth-order valence-electron chi connectivity index (χ4n) is 1.52. The third-order valence-electron chi connectivity index (χ3n) is 2.50. The predicted octanol–water partition coefficient (Wildman–Crippen LogP) is 3.01. The number of hydrogen-bond donors (Lipinski definition) is 1. The summed E-state index contributed by atoms with van der Waals surface area (Å²) in [4.78, 5) is 1.24. The summed E-state index contributed by atoms with van der Waals surface area (Å²) in [5.74, 6) is 0. The Kier molecular flexibility index (Phi) is 3.84. The third kappa shape index (κ3) is 2.04. The van der Waals surface area contributed by atoms with Crippen molar-refractivity contribution in [2.75, 3.05) is 19.1 Å². The molecule has 0 spiro atoms. The van der Waals surface area contributed by atoms with Gasteiger partial charge in [-0.2, -0.15) is 0 Å². The lowest BCUT2D eigenvalue weighted by molar-refractivity contribution is 0.117. The summed E-state index contributed by atoms with van der Waals surface area (Å²) in [5, 5.41) is 0. The van der Waals surface area contributed by atoms with Crippen molar-refractivity contribution in [2.45, 2.75) is 24.8 Å². The highest BCUT2D eigenvalue weighted by Crippen LogP contribution is 2.33. The van der Waals surface area contributed by atoms with Gasteiger partial charge in [0.15, 0.2) is 0 Å². The van der Waals surface area contributed by atoms with Crippen molar-refractivity contribution in [3.63, 3.8) is 0 Å². The maximum Gasteiger partial charge on any atom is 0.0807 e. The zero-order valence-corrected chi connectivity index (χ0v) is 9.94. The van der Waals surface area contributed by atoms with Gasteiger partial charge >= 0.3 is 0 Å². The van der Waals surface area contributed by atoms with Crippen molar-refractivity contribution in [3.8, 4) is 0 Å². The molecule has 1 aromatic carbocycles. The van der Waals surface area contributed by atoms with Crippen molar-refractivity contribution in [2.24, 2.45) is 0 Å². The van der Waals surface area contributed by atoms with E-state index in [1.165, 1.54) is 10.5 Å². The topological polar surface area (TPSA) is 35.2 Å². The van der Waals surface area contributed by atoms with Crippen LogP contribution < -0.4 is 5.73 Å². The van der Waals surface area contributed by atoms with Crippen molar-refractivity contribution >= 4 is 17.4 Å².